The predicted octanol–water partition coefficient (Wildman–Crippen LogP) is 4.54. The minimum absolute atomic E-state index is 0.106. The summed E-state index contributed by atoms with van der Waals surface area (Å²) in [6.07, 6.45) is -2.72. The van der Waals surface area contributed by atoms with Gasteiger partial charge in [-0.3, -0.25) is 4.68 Å². The maximum atomic E-state index is 13.7. The lowest BCUT2D eigenvalue weighted by molar-refractivity contribution is -0.136. The van der Waals surface area contributed by atoms with Crippen LogP contribution < -0.4 is 4.74 Å². The molecule has 130 valence electrons. The highest BCUT2D eigenvalue weighted by Crippen LogP contribution is 2.46. The number of hydrogen-bond acceptors (Lipinski definition) is 3. The largest absolute Gasteiger partial charge is 0.497 e. The molecule has 25 heavy (non-hydrogen) atoms. The van der Waals surface area contributed by atoms with Crippen LogP contribution in [0.5, 0.6) is 5.75 Å². The Kier molecular flexibility index (Phi) is 3.49. The number of rotatable bonds is 3. The SMILES string of the molecule is COc1cccc(-c2cc(C(F)(F)F)c3c(C4CC4)nn(C)c3n2)c1. The zero-order chi connectivity index (χ0) is 17.8. The van der Waals surface area contributed by atoms with E-state index in [4.69, 9.17) is 4.74 Å². The van der Waals surface area contributed by atoms with Gasteiger partial charge in [-0.05, 0) is 31.0 Å². The number of alkyl halides is 3. The molecular weight excluding hydrogens is 331 g/mol. The predicted molar refractivity (Wildman–Crippen MR) is 87.5 cm³/mol. The van der Waals surface area contributed by atoms with Crippen molar-refractivity contribution >= 4 is 11.0 Å². The van der Waals surface area contributed by atoms with Crippen LogP contribution in [0.15, 0.2) is 30.3 Å². The second kappa shape index (κ2) is 5.47. The summed E-state index contributed by atoms with van der Waals surface area (Å²) in [5.74, 6) is 0.672. The van der Waals surface area contributed by atoms with Crippen LogP contribution in [0.25, 0.3) is 22.3 Å². The van der Waals surface area contributed by atoms with Gasteiger partial charge in [0.15, 0.2) is 5.65 Å². The second-order valence-electron chi connectivity index (χ2n) is 6.27. The fourth-order valence-corrected chi connectivity index (χ4v) is 3.07. The number of hydrogen-bond donors (Lipinski definition) is 0. The molecule has 0 spiro atoms. The molecule has 0 atom stereocenters. The molecule has 1 fully saturated rings. The van der Waals surface area contributed by atoms with Crippen molar-refractivity contribution in [3.8, 4) is 17.0 Å². The molecule has 0 bridgehead atoms. The van der Waals surface area contributed by atoms with E-state index < -0.39 is 11.7 Å². The minimum atomic E-state index is -4.47. The van der Waals surface area contributed by atoms with E-state index in [0.717, 1.165) is 18.9 Å². The third-order valence-corrected chi connectivity index (χ3v) is 4.46. The fraction of sp³-hybridized carbons (Fsp3) is 0.333. The van der Waals surface area contributed by atoms with E-state index in [-0.39, 0.29) is 22.6 Å². The monoisotopic (exact) mass is 347 g/mol. The molecule has 2 heterocycles. The topological polar surface area (TPSA) is 39.9 Å². The van der Waals surface area contributed by atoms with Gasteiger partial charge in [0.05, 0.1) is 29.4 Å². The van der Waals surface area contributed by atoms with Gasteiger partial charge < -0.3 is 4.74 Å². The van der Waals surface area contributed by atoms with Crippen LogP contribution in [0.4, 0.5) is 13.2 Å². The summed E-state index contributed by atoms with van der Waals surface area (Å²) in [5, 5.41) is 4.45. The Morgan fingerprint density at radius 1 is 1.20 bits per heavy atom. The molecule has 4 nitrogen and oxygen atoms in total. The number of aromatic nitrogens is 3. The molecule has 1 aromatic carbocycles. The van der Waals surface area contributed by atoms with Crippen LogP contribution in [-0.4, -0.2) is 21.9 Å². The third-order valence-electron chi connectivity index (χ3n) is 4.46. The standard InChI is InChI=1S/C18H16F3N3O/c1-24-17-15(16(23-24)10-6-7-10)13(18(19,20)21)9-14(22-17)11-4-3-5-12(8-11)25-2/h3-5,8-10H,6-7H2,1-2H3. The summed E-state index contributed by atoms with van der Waals surface area (Å²) in [4.78, 5) is 4.47. The number of halogens is 3. The third kappa shape index (κ3) is 2.73. The van der Waals surface area contributed by atoms with E-state index in [1.807, 2.05) is 0 Å². The normalized spacial score (nSPS) is 14.9. The van der Waals surface area contributed by atoms with Gasteiger partial charge in [-0.15, -0.1) is 0 Å². The summed E-state index contributed by atoms with van der Waals surface area (Å²) in [6.45, 7) is 0. The Balaban J connectivity index is 2.00. The van der Waals surface area contributed by atoms with E-state index in [9.17, 15) is 13.2 Å². The van der Waals surface area contributed by atoms with Gasteiger partial charge in [-0.2, -0.15) is 18.3 Å². The Morgan fingerprint density at radius 3 is 2.60 bits per heavy atom. The molecular formula is C18H16F3N3O. The van der Waals surface area contributed by atoms with Crippen LogP contribution in [0, 0.1) is 0 Å². The summed E-state index contributed by atoms with van der Waals surface area (Å²) in [5.41, 5.74) is 0.916. The highest BCUT2D eigenvalue weighted by Gasteiger charge is 2.39. The smallest absolute Gasteiger partial charge is 0.417 e. The summed E-state index contributed by atoms with van der Waals surface area (Å²) in [6, 6.07) is 7.97. The quantitative estimate of drug-likeness (QED) is 0.698. The van der Waals surface area contributed by atoms with E-state index in [1.165, 1.54) is 11.8 Å². The van der Waals surface area contributed by atoms with Gasteiger partial charge in [-0.25, -0.2) is 4.98 Å². The lowest BCUT2D eigenvalue weighted by Gasteiger charge is -2.12. The van der Waals surface area contributed by atoms with Crippen molar-refractivity contribution in [1.82, 2.24) is 14.8 Å². The first kappa shape index (κ1) is 15.9. The molecule has 1 saturated carbocycles. The maximum absolute atomic E-state index is 13.7. The molecule has 2 aromatic heterocycles. The highest BCUT2D eigenvalue weighted by molar-refractivity contribution is 5.86. The van der Waals surface area contributed by atoms with Gasteiger partial charge in [0.25, 0.3) is 0 Å². The van der Waals surface area contributed by atoms with Crippen molar-refractivity contribution in [2.75, 3.05) is 7.11 Å². The number of fused-ring (bicyclic) bond motifs is 1. The van der Waals surface area contributed by atoms with E-state index in [0.29, 0.717) is 17.0 Å². The van der Waals surface area contributed by atoms with Gasteiger partial charge in [0.1, 0.15) is 5.75 Å². The fourth-order valence-electron chi connectivity index (χ4n) is 3.07. The van der Waals surface area contributed by atoms with Crippen LogP contribution in [0.1, 0.15) is 30.0 Å². The van der Waals surface area contributed by atoms with Gasteiger partial charge in [-0.1, -0.05) is 12.1 Å². The molecule has 0 amide bonds. The highest BCUT2D eigenvalue weighted by atomic mass is 19.4. The van der Waals surface area contributed by atoms with Crippen molar-refractivity contribution < 1.29 is 17.9 Å². The van der Waals surface area contributed by atoms with E-state index >= 15 is 0 Å². The van der Waals surface area contributed by atoms with Crippen molar-refractivity contribution in [2.24, 2.45) is 7.05 Å². The summed E-state index contributed by atoms with van der Waals surface area (Å²) in [7, 11) is 3.15. The molecule has 7 heteroatoms. The number of pyridine rings is 1. The molecule has 0 N–H and O–H groups in total. The number of nitrogens with zero attached hydrogens (tertiary/aromatic N) is 3. The summed E-state index contributed by atoms with van der Waals surface area (Å²) < 4.78 is 47.8. The lowest BCUT2D eigenvalue weighted by Crippen LogP contribution is -2.08. The first-order chi connectivity index (χ1) is 11.9. The average Bonchev–Trinajstić information content (AvgIpc) is 3.38. The minimum Gasteiger partial charge on any atom is -0.497 e. The molecule has 1 aliphatic rings. The number of benzene rings is 1. The molecule has 0 saturated heterocycles. The van der Waals surface area contributed by atoms with Crippen molar-refractivity contribution in [3.05, 3.63) is 41.6 Å². The molecule has 0 unspecified atom stereocenters. The van der Waals surface area contributed by atoms with Crippen LogP contribution in [0.3, 0.4) is 0 Å². The Morgan fingerprint density at radius 2 is 1.96 bits per heavy atom. The zero-order valence-corrected chi connectivity index (χ0v) is 13.8. The van der Waals surface area contributed by atoms with Gasteiger partial charge >= 0.3 is 6.18 Å². The maximum Gasteiger partial charge on any atom is 0.417 e. The molecule has 4 rings (SSSR count). The summed E-state index contributed by atoms with van der Waals surface area (Å²) >= 11 is 0. The Hall–Kier alpha value is -2.57. The zero-order valence-electron chi connectivity index (χ0n) is 13.8. The molecule has 3 aromatic rings. The lowest BCUT2D eigenvalue weighted by atomic mass is 10.0. The van der Waals surface area contributed by atoms with Crippen molar-refractivity contribution in [1.29, 1.82) is 0 Å². The first-order valence-corrected chi connectivity index (χ1v) is 7.97. The molecule has 0 radical (unpaired) electrons. The Bertz CT molecular complexity index is 958. The van der Waals surface area contributed by atoms with Crippen molar-refractivity contribution in [3.63, 3.8) is 0 Å². The van der Waals surface area contributed by atoms with Gasteiger partial charge in [0, 0.05) is 18.5 Å². The molecule has 1 aliphatic carbocycles. The van der Waals surface area contributed by atoms with Gasteiger partial charge in [0.2, 0.25) is 0 Å². The van der Waals surface area contributed by atoms with Crippen LogP contribution in [-0.2, 0) is 13.2 Å². The number of methoxy groups -OCH3 is 1. The second-order valence-corrected chi connectivity index (χ2v) is 6.27. The van der Waals surface area contributed by atoms with Crippen LogP contribution in [0.2, 0.25) is 0 Å². The molecule has 0 aliphatic heterocycles. The van der Waals surface area contributed by atoms with Crippen LogP contribution >= 0.6 is 0 Å². The van der Waals surface area contributed by atoms with Crippen molar-refractivity contribution in [2.45, 2.75) is 24.9 Å². The Labute approximate surface area is 142 Å². The number of aryl methyl sites for hydroxylation is 1. The number of ether oxygens (including phenoxy) is 1. The van der Waals surface area contributed by atoms with E-state index in [2.05, 4.69) is 10.1 Å². The first-order valence-electron chi connectivity index (χ1n) is 7.97. The average molecular weight is 347 g/mol. The van der Waals surface area contributed by atoms with E-state index in [1.54, 1.807) is 31.3 Å².